The van der Waals surface area contributed by atoms with Crippen molar-refractivity contribution >= 4 is 5.69 Å². The third kappa shape index (κ3) is 3.98. The molecule has 0 aromatic heterocycles. The van der Waals surface area contributed by atoms with Crippen LogP contribution >= 0.6 is 0 Å². The average molecular weight is 203 g/mol. The van der Waals surface area contributed by atoms with E-state index in [2.05, 4.69) is 11.9 Å². The highest BCUT2D eigenvalue weighted by Gasteiger charge is 2.01. The minimum absolute atomic E-state index is 0.240. The van der Waals surface area contributed by atoms with Gasteiger partial charge in [-0.2, -0.15) is 0 Å². The fourth-order valence-electron chi connectivity index (χ4n) is 0.821. The van der Waals surface area contributed by atoms with Crippen molar-refractivity contribution in [2.45, 2.75) is 6.92 Å². The van der Waals surface area contributed by atoms with Crippen LogP contribution in [0.4, 0.5) is 18.9 Å². The molecule has 0 saturated heterocycles. The molecule has 0 unspecified atom stereocenters. The Morgan fingerprint density at radius 3 is 2.29 bits per heavy atom. The summed E-state index contributed by atoms with van der Waals surface area (Å²) in [5.74, 6) is -1.20. The van der Waals surface area contributed by atoms with Gasteiger partial charge in [-0.3, -0.25) is 4.39 Å². The molecule has 1 aromatic carbocycles. The van der Waals surface area contributed by atoms with Gasteiger partial charge in [0.05, 0.1) is 12.9 Å². The lowest BCUT2D eigenvalue weighted by Crippen LogP contribution is -1.96. The summed E-state index contributed by atoms with van der Waals surface area (Å²) >= 11 is 0. The average Bonchev–Trinajstić information content (AvgIpc) is 2.13. The summed E-state index contributed by atoms with van der Waals surface area (Å²) < 4.78 is 34.8. The Balaban J connectivity index is 0.000000791. The predicted octanol–water partition coefficient (Wildman–Crippen LogP) is 3.50. The largest absolute Gasteiger partial charge is 0.357 e. The predicted molar refractivity (Wildman–Crippen MR) is 51.8 cm³/mol. The molecular weight excluding hydrogens is 191 g/mol. The number of alkyl halides is 1. The highest BCUT2D eigenvalue weighted by Crippen LogP contribution is 2.15. The molecule has 0 spiro atoms. The van der Waals surface area contributed by atoms with Crippen LogP contribution in [0.15, 0.2) is 30.5 Å². The minimum atomic E-state index is -0.613. The van der Waals surface area contributed by atoms with Crippen molar-refractivity contribution in [3.63, 3.8) is 0 Å². The highest BCUT2D eigenvalue weighted by molar-refractivity contribution is 5.48. The van der Waals surface area contributed by atoms with Crippen LogP contribution in [0.5, 0.6) is 0 Å². The van der Waals surface area contributed by atoms with E-state index in [9.17, 15) is 13.2 Å². The van der Waals surface area contributed by atoms with Crippen LogP contribution in [0, 0.1) is 11.6 Å². The Hall–Kier alpha value is -1.45. The smallest absolute Gasteiger partial charge is 0.149 e. The summed E-state index contributed by atoms with van der Waals surface area (Å²) in [6, 6.07) is 3.35. The maximum absolute atomic E-state index is 12.9. The molecule has 0 radical (unpaired) electrons. The summed E-state index contributed by atoms with van der Waals surface area (Å²) in [5, 5.41) is 2.66. The van der Waals surface area contributed by atoms with Crippen molar-refractivity contribution in [2.24, 2.45) is 0 Å². The normalized spacial score (nSPS) is 8.64. The third-order valence-corrected chi connectivity index (χ3v) is 1.28. The van der Waals surface area contributed by atoms with Gasteiger partial charge in [0.25, 0.3) is 0 Å². The van der Waals surface area contributed by atoms with Crippen LogP contribution in [-0.4, -0.2) is 7.18 Å². The monoisotopic (exact) mass is 203 g/mol. The van der Waals surface area contributed by atoms with Crippen LogP contribution < -0.4 is 5.32 Å². The van der Waals surface area contributed by atoms with Crippen molar-refractivity contribution in [2.75, 3.05) is 12.5 Å². The lowest BCUT2D eigenvalue weighted by molar-refractivity contribution is 0.585. The van der Waals surface area contributed by atoms with Gasteiger partial charge in [0.1, 0.15) is 11.6 Å². The second-order valence-electron chi connectivity index (χ2n) is 2.53. The first-order valence-electron chi connectivity index (χ1n) is 3.85. The highest BCUT2D eigenvalue weighted by atomic mass is 19.1. The SMILES string of the molecule is C=C(C)Nc1ccc(F)cc1F.CF. The zero-order chi connectivity index (χ0) is 11.1. The van der Waals surface area contributed by atoms with Gasteiger partial charge < -0.3 is 5.32 Å². The first-order chi connectivity index (χ1) is 6.59. The van der Waals surface area contributed by atoms with Gasteiger partial charge in [-0.05, 0) is 19.1 Å². The van der Waals surface area contributed by atoms with Crippen LogP contribution in [0.2, 0.25) is 0 Å². The molecule has 1 rings (SSSR count). The molecule has 1 aromatic rings. The Morgan fingerprint density at radius 2 is 1.86 bits per heavy atom. The minimum Gasteiger partial charge on any atom is -0.357 e. The standard InChI is InChI=1S/C9H9F2N.CH3F/c1-6(2)12-9-4-3-7(10)5-8(9)11;1-2/h3-5,12H,1H2,2H3;1H3. The maximum Gasteiger partial charge on any atom is 0.149 e. The number of halogens is 3. The van der Waals surface area contributed by atoms with Gasteiger partial charge in [0.15, 0.2) is 0 Å². The van der Waals surface area contributed by atoms with Gasteiger partial charge in [0.2, 0.25) is 0 Å². The second kappa shape index (κ2) is 6.07. The summed E-state index contributed by atoms with van der Waals surface area (Å²) in [6.07, 6.45) is 0. The van der Waals surface area contributed by atoms with Crippen molar-refractivity contribution in [1.82, 2.24) is 0 Å². The molecule has 0 fully saturated rings. The number of hydrogen-bond acceptors (Lipinski definition) is 1. The summed E-state index contributed by atoms with van der Waals surface area (Å²) in [5.41, 5.74) is 0.851. The van der Waals surface area contributed by atoms with Crippen molar-refractivity contribution in [3.8, 4) is 0 Å². The van der Waals surface area contributed by atoms with E-state index in [4.69, 9.17) is 0 Å². The van der Waals surface area contributed by atoms with Crippen LogP contribution in [0.1, 0.15) is 6.92 Å². The number of nitrogens with one attached hydrogen (secondary N) is 1. The zero-order valence-corrected chi connectivity index (χ0v) is 8.07. The van der Waals surface area contributed by atoms with E-state index in [0.29, 0.717) is 12.9 Å². The van der Waals surface area contributed by atoms with Crippen molar-refractivity contribution < 1.29 is 13.2 Å². The zero-order valence-electron chi connectivity index (χ0n) is 8.07. The van der Waals surface area contributed by atoms with Gasteiger partial charge in [0, 0.05) is 11.8 Å². The summed E-state index contributed by atoms with van der Waals surface area (Å²) in [6.45, 7) is 5.24. The van der Waals surface area contributed by atoms with E-state index in [1.165, 1.54) is 12.1 Å². The van der Waals surface area contributed by atoms with Crippen LogP contribution in [-0.2, 0) is 0 Å². The molecule has 0 aliphatic rings. The number of rotatable bonds is 2. The van der Waals surface area contributed by atoms with E-state index in [1.807, 2.05) is 0 Å². The molecule has 0 aliphatic heterocycles. The summed E-state index contributed by atoms with van der Waals surface area (Å²) in [4.78, 5) is 0. The van der Waals surface area contributed by atoms with E-state index in [1.54, 1.807) is 6.92 Å². The van der Waals surface area contributed by atoms with E-state index < -0.39 is 11.6 Å². The molecule has 0 amide bonds. The van der Waals surface area contributed by atoms with Crippen LogP contribution in [0.25, 0.3) is 0 Å². The molecule has 4 heteroatoms. The van der Waals surface area contributed by atoms with Crippen molar-refractivity contribution in [1.29, 1.82) is 0 Å². The summed E-state index contributed by atoms with van der Waals surface area (Å²) in [7, 11) is 0.500. The first kappa shape index (κ1) is 12.6. The molecule has 0 atom stereocenters. The number of hydrogen-bond donors (Lipinski definition) is 1. The topological polar surface area (TPSA) is 12.0 Å². The fourth-order valence-corrected chi connectivity index (χ4v) is 0.821. The molecule has 0 aliphatic carbocycles. The van der Waals surface area contributed by atoms with E-state index in [-0.39, 0.29) is 5.69 Å². The van der Waals surface area contributed by atoms with Crippen LogP contribution in [0.3, 0.4) is 0 Å². The number of allylic oxidation sites excluding steroid dienone is 1. The molecule has 0 bridgehead atoms. The van der Waals surface area contributed by atoms with Gasteiger partial charge in [-0.25, -0.2) is 8.78 Å². The molecule has 78 valence electrons. The van der Waals surface area contributed by atoms with Crippen molar-refractivity contribution in [3.05, 3.63) is 42.1 Å². The lowest BCUT2D eigenvalue weighted by Gasteiger charge is -2.05. The quantitative estimate of drug-likeness (QED) is 0.775. The molecule has 0 heterocycles. The Labute approximate surface area is 81.3 Å². The fraction of sp³-hybridized carbons (Fsp3) is 0.200. The molecule has 1 nitrogen and oxygen atoms in total. The van der Waals surface area contributed by atoms with Gasteiger partial charge >= 0.3 is 0 Å². The van der Waals surface area contributed by atoms with Gasteiger partial charge in [-0.15, -0.1) is 0 Å². The van der Waals surface area contributed by atoms with Gasteiger partial charge in [-0.1, -0.05) is 6.58 Å². The molecule has 0 saturated carbocycles. The third-order valence-electron chi connectivity index (χ3n) is 1.28. The number of anilines is 1. The number of benzene rings is 1. The van der Waals surface area contributed by atoms with E-state index in [0.717, 1.165) is 6.07 Å². The van der Waals surface area contributed by atoms with E-state index >= 15 is 0 Å². The molecule has 1 N–H and O–H groups in total. The Morgan fingerprint density at radius 1 is 1.29 bits per heavy atom. The Kier molecular flexibility index (Phi) is 5.44. The Bertz CT molecular complexity index is 310. The maximum atomic E-state index is 12.9. The first-order valence-corrected chi connectivity index (χ1v) is 3.85. The second-order valence-corrected chi connectivity index (χ2v) is 2.53. The lowest BCUT2D eigenvalue weighted by atomic mass is 10.3. The molecular formula is C10H12F3N. The molecule has 14 heavy (non-hydrogen) atoms.